The van der Waals surface area contributed by atoms with Gasteiger partial charge in [0.2, 0.25) is 6.41 Å². The molecule has 120 valence electrons. The molecule has 1 aliphatic rings. The first kappa shape index (κ1) is 19.4. The number of nitrogens with zero attached hydrogens (tertiary/aromatic N) is 1. The molecule has 1 aliphatic heterocycles. The van der Waals surface area contributed by atoms with Crippen molar-refractivity contribution >= 4 is 6.41 Å². The van der Waals surface area contributed by atoms with Gasteiger partial charge in [0.25, 0.3) is 0 Å². The highest BCUT2D eigenvalue weighted by Crippen LogP contribution is 2.13. The topological polar surface area (TPSA) is 29.5 Å². The fraction of sp³-hybridized carbons (Fsp3) is 0.941. The van der Waals surface area contributed by atoms with Gasteiger partial charge in [-0.1, -0.05) is 53.4 Å². The van der Waals surface area contributed by atoms with Gasteiger partial charge in [0, 0.05) is 19.7 Å². The van der Waals surface area contributed by atoms with E-state index in [0.717, 1.165) is 44.9 Å². The van der Waals surface area contributed by atoms with Crippen LogP contribution in [0.3, 0.4) is 0 Å². The van der Waals surface area contributed by atoms with Crippen LogP contribution in [0.2, 0.25) is 0 Å². The maximum absolute atomic E-state index is 10.5. The Morgan fingerprint density at radius 1 is 1.10 bits per heavy atom. The SMILES string of the molecule is CC(C)C.CCCCCCCOC1CCN(C=O)CC1. The summed E-state index contributed by atoms with van der Waals surface area (Å²) in [6.07, 6.45) is 9.81. The first-order chi connectivity index (χ1) is 9.60. The molecule has 0 aromatic carbocycles. The summed E-state index contributed by atoms with van der Waals surface area (Å²) in [6, 6.07) is 0. The third-order valence-electron chi connectivity index (χ3n) is 3.23. The second-order valence-corrected chi connectivity index (χ2v) is 6.36. The Kier molecular flexibility index (Phi) is 13.0. The van der Waals surface area contributed by atoms with Gasteiger partial charge in [-0.25, -0.2) is 0 Å². The molecule has 1 saturated heterocycles. The lowest BCUT2D eigenvalue weighted by molar-refractivity contribution is -0.120. The second-order valence-electron chi connectivity index (χ2n) is 6.36. The van der Waals surface area contributed by atoms with Crippen molar-refractivity contribution in [3.63, 3.8) is 0 Å². The molecule has 0 atom stereocenters. The molecule has 0 N–H and O–H groups in total. The molecule has 0 aromatic heterocycles. The lowest BCUT2D eigenvalue weighted by Gasteiger charge is -2.29. The first-order valence-corrected chi connectivity index (χ1v) is 8.41. The number of unbranched alkanes of at least 4 members (excludes halogenated alkanes) is 4. The van der Waals surface area contributed by atoms with Crippen LogP contribution in [0.25, 0.3) is 0 Å². The molecule has 3 heteroatoms. The van der Waals surface area contributed by atoms with Gasteiger partial charge in [-0.15, -0.1) is 0 Å². The second kappa shape index (κ2) is 13.4. The van der Waals surface area contributed by atoms with Crippen LogP contribution in [0, 0.1) is 5.92 Å². The molecule has 1 fully saturated rings. The zero-order valence-corrected chi connectivity index (χ0v) is 14.1. The number of ether oxygens (including phenoxy) is 1. The minimum absolute atomic E-state index is 0.391. The monoisotopic (exact) mass is 285 g/mol. The molecule has 0 unspecified atom stereocenters. The maximum Gasteiger partial charge on any atom is 0.209 e. The van der Waals surface area contributed by atoms with Gasteiger partial charge in [-0.05, 0) is 25.2 Å². The van der Waals surface area contributed by atoms with Gasteiger partial charge in [0.15, 0.2) is 0 Å². The Labute approximate surface area is 126 Å². The summed E-state index contributed by atoms with van der Waals surface area (Å²) in [5.41, 5.74) is 0. The van der Waals surface area contributed by atoms with Gasteiger partial charge >= 0.3 is 0 Å². The van der Waals surface area contributed by atoms with E-state index in [-0.39, 0.29) is 0 Å². The lowest BCUT2D eigenvalue weighted by Crippen LogP contribution is -2.36. The zero-order chi connectivity index (χ0) is 15.2. The number of likely N-dealkylation sites (tertiary alicyclic amines) is 1. The van der Waals surface area contributed by atoms with Crippen molar-refractivity contribution in [1.82, 2.24) is 4.90 Å². The van der Waals surface area contributed by atoms with Gasteiger partial charge in [-0.2, -0.15) is 0 Å². The van der Waals surface area contributed by atoms with E-state index in [1.807, 2.05) is 4.90 Å². The van der Waals surface area contributed by atoms with Crippen LogP contribution >= 0.6 is 0 Å². The normalized spacial score (nSPS) is 15.9. The molecule has 0 aliphatic carbocycles. The van der Waals surface area contributed by atoms with Crippen molar-refractivity contribution in [2.75, 3.05) is 19.7 Å². The van der Waals surface area contributed by atoms with Crippen molar-refractivity contribution in [3.8, 4) is 0 Å². The van der Waals surface area contributed by atoms with Crippen LogP contribution in [-0.2, 0) is 9.53 Å². The quantitative estimate of drug-likeness (QED) is 0.493. The van der Waals surface area contributed by atoms with E-state index < -0.39 is 0 Å². The smallest absolute Gasteiger partial charge is 0.209 e. The highest BCUT2D eigenvalue weighted by atomic mass is 16.5. The van der Waals surface area contributed by atoms with E-state index in [1.54, 1.807) is 0 Å². The van der Waals surface area contributed by atoms with Crippen LogP contribution in [0.15, 0.2) is 0 Å². The highest BCUT2D eigenvalue weighted by Gasteiger charge is 2.17. The number of amides is 1. The summed E-state index contributed by atoms with van der Waals surface area (Å²) >= 11 is 0. The highest BCUT2D eigenvalue weighted by molar-refractivity contribution is 5.47. The average Bonchev–Trinajstić information content (AvgIpc) is 2.43. The van der Waals surface area contributed by atoms with Crippen molar-refractivity contribution in [1.29, 1.82) is 0 Å². The van der Waals surface area contributed by atoms with E-state index in [2.05, 4.69) is 27.7 Å². The molecular formula is C17H35NO2. The fourth-order valence-electron chi connectivity index (χ4n) is 2.10. The Morgan fingerprint density at radius 2 is 1.65 bits per heavy atom. The van der Waals surface area contributed by atoms with Crippen LogP contribution < -0.4 is 0 Å². The minimum Gasteiger partial charge on any atom is -0.378 e. The minimum atomic E-state index is 0.391. The fourth-order valence-corrected chi connectivity index (χ4v) is 2.10. The lowest BCUT2D eigenvalue weighted by atomic mass is 10.1. The summed E-state index contributed by atoms with van der Waals surface area (Å²) in [5, 5.41) is 0. The molecule has 0 radical (unpaired) electrons. The van der Waals surface area contributed by atoms with Crippen LogP contribution in [0.1, 0.15) is 72.6 Å². The molecule has 0 spiro atoms. The predicted molar refractivity (Wildman–Crippen MR) is 85.9 cm³/mol. The van der Waals surface area contributed by atoms with E-state index >= 15 is 0 Å². The van der Waals surface area contributed by atoms with Crippen molar-refractivity contribution in [2.24, 2.45) is 5.92 Å². The van der Waals surface area contributed by atoms with E-state index in [9.17, 15) is 4.79 Å². The van der Waals surface area contributed by atoms with Crippen molar-refractivity contribution < 1.29 is 9.53 Å². The van der Waals surface area contributed by atoms with E-state index in [1.165, 1.54) is 32.1 Å². The third kappa shape index (κ3) is 12.5. The van der Waals surface area contributed by atoms with Crippen molar-refractivity contribution in [2.45, 2.75) is 78.7 Å². The molecule has 1 rings (SSSR count). The van der Waals surface area contributed by atoms with E-state index in [4.69, 9.17) is 4.74 Å². The molecule has 3 nitrogen and oxygen atoms in total. The standard InChI is InChI=1S/C13H25NO2.C4H10/c1-2-3-4-5-6-11-16-13-7-9-14(12-15)10-8-13;1-4(2)3/h12-13H,2-11H2,1H3;4H,1-3H3. The molecule has 1 amide bonds. The Balaban J connectivity index is 0.000000796. The Morgan fingerprint density at radius 3 is 2.15 bits per heavy atom. The summed E-state index contributed by atoms with van der Waals surface area (Å²) in [4.78, 5) is 12.3. The number of hydrogen-bond acceptors (Lipinski definition) is 2. The van der Waals surface area contributed by atoms with Gasteiger partial charge in [0.05, 0.1) is 6.10 Å². The number of rotatable bonds is 8. The first-order valence-electron chi connectivity index (χ1n) is 8.41. The number of piperidine rings is 1. The molecule has 0 aromatic rings. The number of carbonyl (C=O) groups is 1. The molecular weight excluding hydrogens is 250 g/mol. The summed E-state index contributed by atoms with van der Waals surface area (Å²) in [7, 11) is 0. The van der Waals surface area contributed by atoms with Crippen LogP contribution in [-0.4, -0.2) is 37.1 Å². The third-order valence-corrected chi connectivity index (χ3v) is 3.23. The van der Waals surface area contributed by atoms with Crippen LogP contribution in [0.4, 0.5) is 0 Å². The largest absolute Gasteiger partial charge is 0.378 e. The molecule has 0 saturated carbocycles. The van der Waals surface area contributed by atoms with Gasteiger partial charge in [0.1, 0.15) is 0 Å². The number of carbonyl (C=O) groups excluding carboxylic acids is 1. The molecule has 0 bridgehead atoms. The van der Waals surface area contributed by atoms with Gasteiger partial charge in [-0.3, -0.25) is 4.79 Å². The maximum atomic E-state index is 10.5. The number of hydrogen-bond donors (Lipinski definition) is 0. The molecule has 20 heavy (non-hydrogen) atoms. The predicted octanol–water partition coefficient (Wildman–Crippen LogP) is 4.26. The Bertz CT molecular complexity index is 208. The van der Waals surface area contributed by atoms with Crippen LogP contribution in [0.5, 0.6) is 0 Å². The molecule has 1 heterocycles. The summed E-state index contributed by atoms with van der Waals surface area (Å²) < 4.78 is 5.81. The summed E-state index contributed by atoms with van der Waals surface area (Å²) in [6.45, 7) is 11.4. The Hall–Kier alpha value is -0.570. The summed E-state index contributed by atoms with van der Waals surface area (Å²) in [5.74, 6) is 0.833. The van der Waals surface area contributed by atoms with Crippen molar-refractivity contribution in [3.05, 3.63) is 0 Å². The van der Waals surface area contributed by atoms with Gasteiger partial charge < -0.3 is 9.64 Å². The zero-order valence-electron chi connectivity index (χ0n) is 14.1. The average molecular weight is 285 g/mol. The van der Waals surface area contributed by atoms with E-state index in [0.29, 0.717) is 6.10 Å².